The van der Waals surface area contributed by atoms with E-state index in [4.69, 9.17) is 5.11 Å². The minimum absolute atomic E-state index is 0.235. The monoisotopic (exact) mass is 214 g/mol. The Balaban J connectivity index is 2.73. The number of aliphatic hydroxyl groups is 1. The van der Waals surface area contributed by atoms with Gasteiger partial charge in [-0.3, -0.25) is 0 Å². The van der Waals surface area contributed by atoms with Gasteiger partial charge in [-0.05, 0) is 17.9 Å². The Hall–Kier alpha value is -0.870. The first kappa shape index (κ1) is 11.2. The summed E-state index contributed by atoms with van der Waals surface area (Å²) < 4.78 is 0. The van der Waals surface area contributed by atoms with Crippen LogP contribution in [0.2, 0.25) is 0 Å². The van der Waals surface area contributed by atoms with Gasteiger partial charge >= 0.3 is 5.97 Å². The van der Waals surface area contributed by atoms with Crippen molar-refractivity contribution in [2.75, 3.05) is 0 Å². The van der Waals surface area contributed by atoms with Gasteiger partial charge in [-0.15, -0.1) is 11.3 Å². The van der Waals surface area contributed by atoms with Crippen molar-refractivity contribution in [3.8, 4) is 0 Å². The molecule has 0 saturated heterocycles. The molecule has 0 aromatic carbocycles. The summed E-state index contributed by atoms with van der Waals surface area (Å²) in [5.74, 6) is -0.961. The van der Waals surface area contributed by atoms with E-state index in [0.29, 0.717) is 11.3 Å². The van der Waals surface area contributed by atoms with Crippen LogP contribution in [0.4, 0.5) is 0 Å². The maximum absolute atomic E-state index is 10.8. The second kappa shape index (κ2) is 5.12. The van der Waals surface area contributed by atoms with Gasteiger partial charge < -0.3 is 10.2 Å². The zero-order valence-electron chi connectivity index (χ0n) is 8.06. The van der Waals surface area contributed by atoms with Crippen LogP contribution in [0.1, 0.15) is 47.5 Å². The number of aromatic carboxylic acids is 1. The van der Waals surface area contributed by atoms with E-state index < -0.39 is 12.1 Å². The van der Waals surface area contributed by atoms with Gasteiger partial charge in [0.2, 0.25) is 0 Å². The summed E-state index contributed by atoms with van der Waals surface area (Å²) in [7, 11) is 0. The predicted molar refractivity (Wildman–Crippen MR) is 55.8 cm³/mol. The molecule has 1 heterocycles. The van der Waals surface area contributed by atoms with Gasteiger partial charge in [0.05, 0.1) is 11.7 Å². The number of carbonyl (C=O) groups is 1. The third kappa shape index (κ3) is 2.56. The number of carboxylic acid groups (broad SMARTS) is 1. The fourth-order valence-corrected chi connectivity index (χ4v) is 2.19. The number of hydrogen-bond donors (Lipinski definition) is 2. The average Bonchev–Trinajstić information content (AvgIpc) is 2.62. The molecule has 0 spiro atoms. The molecule has 0 aliphatic heterocycles. The normalized spacial score (nSPS) is 12.7. The van der Waals surface area contributed by atoms with Crippen molar-refractivity contribution in [2.45, 2.75) is 32.3 Å². The third-order valence-corrected chi connectivity index (χ3v) is 3.08. The highest BCUT2D eigenvalue weighted by Crippen LogP contribution is 2.27. The van der Waals surface area contributed by atoms with Crippen LogP contribution in [-0.4, -0.2) is 16.2 Å². The summed E-state index contributed by atoms with van der Waals surface area (Å²) in [6.07, 6.45) is 1.93. The first-order valence-electron chi connectivity index (χ1n) is 4.65. The smallest absolute Gasteiger partial charge is 0.336 e. The molecule has 2 N–H and O–H groups in total. The van der Waals surface area contributed by atoms with Gasteiger partial charge in [0.15, 0.2) is 0 Å². The van der Waals surface area contributed by atoms with Crippen molar-refractivity contribution < 1.29 is 15.0 Å². The third-order valence-electron chi connectivity index (χ3n) is 2.06. The minimum Gasteiger partial charge on any atom is -0.478 e. The highest BCUT2D eigenvalue weighted by molar-refractivity contribution is 7.10. The van der Waals surface area contributed by atoms with Crippen LogP contribution in [0.25, 0.3) is 0 Å². The molecule has 1 aromatic heterocycles. The first-order chi connectivity index (χ1) is 6.66. The van der Waals surface area contributed by atoms with Crippen LogP contribution in [-0.2, 0) is 0 Å². The molecule has 0 bridgehead atoms. The summed E-state index contributed by atoms with van der Waals surface area (Å²) in [6.45, 7) is 2.04. The van der Waals surface area contributed by atoms with Crippen LogP contribution in [0.15, 0.2) is 11.4 Å². The molecule has 78 valence electrons. The van der Waals surface area contributed by atoms with Gasteiger partial charge in [-0.25, -0.2) is 4.79 Å². The lowest BCUT2D eigenvalue weighted by Crippen LogP contribution is -2.03. The van der Waals surface area contributed by atoms with E-state index in [-0.39, 0.29) is 5.56 Å². The highest BCUT2D eigenvalue weighted by atomic mass is 32.1. The summed E-state index contributed by atoms with van der Waals surface area (Å²) in [5.41, 5.74) is 0.235. The number of thiophene rings is 1. The van der Waals surface area contributed by atoms with Crippen LogP contribution in [0.3, 0.4) is 0 Å². The second-order valence-corrected chi connectivity index (χ2v) is 4.11. The van der Waals surface area contributed by atoms with E-state index in [1.807, 2.05) is 6.92 Å². The fraction of sp³-hybridized carbons (Fsp3) is 0.500. The number of aliphatic hydroxyl groups excluding tert-OH is 1. The van der Waals surface area contributed by atoms with Crippen molar-refractivity contribution in [1.29, 1.82) is 0 Å². The molecule has 1 atom stereocenters. The molecule has 4 heteroatoms. The van der Waals surface area contributed by atoms with Gasteiger partial charge in [0.1, 0.15) is 0 Å². The quantitative estimate of drug-likeness (QED) is 0.792. The lowest BCUT2D eigenvalue weighted by atomic mass is 10.1. The molecule has 1 unspecified atom stereocenters. The molecule has 0 fully saturated rings. The van der Waals surface area contributed by atoms with Crippen molar-refractivity contribution in [3.05, 3.63) is 21.9 Å². The Morgan fingerprint density at radius 1 is 1.64 bits per heavy atom. The number of rotatable bonds is 5. The van der Waals surface area contributed by atoms with Crippen molar-refractivity contribution in [2.24, 2.45) is 0 Å². The standard InChI is InChI=1S/C10H14O3S/c1-2-3-4-8(11)9-7(10(12)13)5-6-14-9/h5-6,8,11H,2-4H2,1H3,(H,12,13). The van der Waals surface area contributed by atoms with E-state index in [1.54, 1.807) is 5.38 Å². The summed E-state index contributed by atoms with van der Waals surface area (Å²) >= 11 is 1.31. The maximum Gasteiger partial charge on any atom is 0.336 e. The van der Waals surface area contributed by atoms with E-state index in [0.717, 1.165) is 12.8 Å². The number of carboxylic acids is 1. The zero-order valence-corrected chi connectivity index (χ0v) is 8.88. The van der Waals surface area contributed by atoms with Crippen LogP contribution in [0, 0.1) is 0 Å². The van der Waals surface area contributed by atoms with Gasteiger partial charge in [-0.2, -0.15) is 0 Å². The predicted octanol–water partition coefficient (Wildman–Crippen LogP) is 2.67. The van der Waals surface area contributed by atoms with Crippen molar-refractivity contribution >= 4 is 17.3 Å². The van der Waals surface area contributed by atoms with Crippen LogP contribution in [0.5, 0.6) is 0 Å². The summed E-state index contributed by atoms with van der Waals surface area (Å²) in [6, 6.07) is 1.54. The molecule has 0 aliphatic rings. The Labute approximate surface area is 87.0 Å². The molecule has 0 aliphatic carbocycles. The van der Waals surface area contributed by atoms with Gasteiger partial charge in [0.25, 0.3) is 0 Å². The summed E-state index contributed by atoms with van der Waals surface area (Å²) in [4.78, 5) is 11.3. The Morgan fingerprint density at radius 3 is 2.93 bits per heavy atom. The van der Waals surface area contributed by atoms with Crippen molar-refractivity contribution in [1.82, 2.24) is 0 Å². The van der Waals surface area contributed by atoms with Gasteiger partial charge in [-0.1, -0.05) is 19.8 Å². The Morgan fingerprint density at radius 2 is 2.36 bits per heavy atom. The summed E-state index contributed by atoms with van der Waals surface area (Å²) in [5, 5.41) is 20.2. The highest BCUT2D eigenvalue weighted by Gasteiger charge is 2.17. The average molecular weight is 214 g/mol. The molecule has 0 saturated carbocycles. The fourth-order valence-electron chi connectivity index (χ4n) is 1.28. The second-order valence-electron chi connectivity index (χ2n) is 3.16. The first-order valence-corrected chi connectivity index (χ1v) is 5.53. The maximum atomic E-state index is 10.8. The minimum atomic E-state index is -0.961. The van der Waals surface area contributed by atoms with E-state index in [2.05, 4.69) is 0 Å². The Bertz CT molecular complexity index is 306. The SMILES string of the molecule is CCCCC(O)c1sccc1C(=O)O. The largest absolute Gasteiger partial charge is 0.478 e. The lowest BCUT2D eigenvalue weighted by molar-refractivity contribution is 0.0689. The van der Waals surface area contributed by atoms with Crippen molar-refractivity contribution in [3.63, 3.8) is 0 Å². The molecular formula is C10H14O3S. The van der Waals surface area contributed by atoms with Crippen LogP contribution >= 0.6 is 11.3 Å². The number of hydrogen-bond acceptors (Lipinski definition) is 3. The molecule has 0 radical (unpaired) electrons. The number of unbranched alkanes of at least 4 members (excludes halogenated alkanes) is 1. The van der Waals surface area contributed by atoms with E-state index in [1.165, 1.54) is 17.4 Å². The Kier molecular flexibility index (Phi) is 4.10. The molecule has 3 nitrogen and oxygen atoms in total. The van der Waals surface area contributed by atoms with Crippen LogP contribution < -0.4 is 0 Å². The molecule has 1 aromatic rings. The molecule has 0 amide bonds. The van der Waals surface area contributed by atoms with E-state index in [9.17, 15) is 9.90 Å². The zero-order chi connectivity index (χ0) is 10.6. The lowest BCUT2D eigenvalue weighted by Gasteiger charge is -2.08. The molecule has 1 rings (SSSR count). The molecular weight excluding hydrogens is 200 g/mol. The topological polar surface area (TPSA) is 57.5 Å². The van der Waals surface area contributed by atoms with Gasteiger partial charge in [0, 0.05) is 4.88 Å². The van der Waals surface area contributed by atoms with E-state index >= 15 is 0 Å². The molecule has 14 heavy (non-hydrogen) atoms.